The van der Waals surface area contributed by atoms with Gasteiger partial charge in [-0.2, -0.15) is 0 Å². The molecule has 8 heteroatoms. The molecule has 1 fully saturated rings. The van der Waals surface area contributed by atoms with Gasteiger partial charge >= 0.3 is 5.97 Å². The van der Waals surface area contributed by atoms with E-state index in [4.69, 9.17) is 0 Å². The molecule has 1 aromatic carbocycles. The number of amides is 1. The zero-order valence-corrected chi connectivity index (χ0v) is 12.8. The smallest absolute Gasteiger partial charge is 0.326 e. The van der Waals surface area contributed by atoms with Crippen LogP contribution in [-0.4, -0.2) is 52.5 Å². The van der Waals surface area contributed by atoms with Gasteiger partial charge in [-0.05, 0) is 24.9 Å². The van der Waals surface area contributed by atoms with Crippen molar-refractivity contribution in [2.75, 3.05) is 13.6 Å². The zero-order valence-electron chi connectivity index (χ0n) is 12.8. The third kappa shape index (κ3) is 4.04. The van der Waals surface area contributed by atoms with Crippen LogP contribution in [0, 0.1) is 10.1 Å². The molecule has 1 heterocycles. The summed E-state index contributed by atoms with van der Waals surface area (Å²) in [6, 6.07) is 4.34. The molecule has 8 nitrogen and oxygen atoms in total. The Morgan fingerprint density at radius 3 is 2.57 bits per heavy atom. The minimum absolute atomic E-state index is 0.0554. The van der Waals surface area contributed by atoms with Crippen LogP contribution in [0.25, 0.3) is 0 Å². The maximum atomic E-state index is 12.3. The van der Waals surface area contributed by atoms with Crippen LogP contribution in [0.2, 0.25) is 0 Å². The Hall–Kier alpha value is -2.48. The number of carboxylic acid groups (broad SMARTS) is 1. The van der Waals surface area contributed by atoms with Crippen LogP contribution < -0.4 is 5.32 Å². The lowest BCUT2D eigenvalue weighted by Crippen LogP contribution is -2.50. The molecule has 23 heavy (non-hydrogen) atoms. The predicted octanol–water partition coefficient (Wildman–Crippen LogP) is 0.801. The van der Waals surface area contributed by atoms with Crippen LogP contribution in [-0.2, 0) is 16.0 Å². The fraction of sp³-hybridized carbons (Fsp3) is 0.467. The number of aliphatic carboxylic acids is 1. The van der Waals surface area contributed by atoms with Gasteiger partial charge in [-0.3, -0.25) is 14.9 Å². The van der Waals surface area contributed by atoms with Crippen LogP contribution in [0.1, 0.15) is 18.4 Å². The summed E-state index contributed by atoms with van der Waals surface area (Å²) in [5, 5.41) is 23.1. The van der Waals surface area contributed by atoms with E-state index in [1.807, 2.05) is 0 Å². The topological polar surface area (TPSA) is 113 Å². The normalized spacial score (nSPS) is 18.4. The number of likely N-dealkylation sites (N-methyl/N-ethyl adjacent to an activating group) is 1. The number of nitrogens with one attached hydrogen (secondary N) is 1. The molecule has 2 atom stereocenters. The number of non-ortho nitro benzene ring substituents is 1. The van der Waals surface area contributed by atoms with Gasteiger partial charge in [0, 0.05) is 25.6 Å². The highest BCUT2D eigenvalue weighted by atomic mass is 16.6. The summed E-state index contributed by atoms with van der Waals surface area (Å²) in [6.45, 7) is 0.754. The molecule has 1 aromatic rings. The van der Waals surface area contributed by atoms with E-state index in [1.165, 1.54) is 36.2 Å². The first-order valence-electron chi connectivity index (χ1n) is 7.36. The van der Waals surface area contributed by atoms with E-state index in [1.54, 1.807) is 0 Å². The molecule has 2 rings (SSSR count). The second-order valence-corrected chi connectivity index (χ2v) is 5.58. The van der Waals surface area contributed by atoms with Gasteiger partial charge < -0.3 is 15.3 Å². The molecule has 0 aromatic heterocycles. The van der Waals surface area contributed by atoms with Crippen molar-refractivity contribution in [3.8, 4) is 0 Å². The Balaban J connectivity index is 2.09. The number of carbonyl (C=O) groups is 2. The minimum Gasteiger partial charge on any atom is -0.480 e. The Bertz CT molecular complexity index is 596. The summed E-state index contributed by atoms with van der Waals surface area (Å²) in [7, 11) is 1.48. The van der Waals surface area contributed by atoms with Crippen molar-refractivity contribution in [3.63, 3.8) is 0 Å². The van der Waals surface area contributed by atoms with Gasteiger partial charge in [0.15, 0.2) is 0 Å². The van der Waals surface area contributed by atoms with Gasteiger partial charge in [0.25, 0.3) is 5.69 Å². The number of nitrogens with zero attached hydrogens (tertiary/aromatic N) is 2. The fourth-order valence-corrected chi connectivity index (χ4v) is 2.66. The molecule has 2 N–H and O–H groups in total. The van der Waals surface area contributed by atoms with Crippen molar-refractivity contribution < 1.29 is 19.6 Å². The Labute approximate surface area is 133 Å². The number of benzene rings is 1. The van der Waals surface area contributed by atoms with Crippen LogP contribution >= 0.6 is 0 Å². The highest BCUT2D eigenvalue weighted by Gasteiger charge is 2.32. The quantitative estimate of drug-likeness (QED) is 0.592. The summed E-state index contributed by atoms with van der Waals surface area (Å²) in [6.07, 6.45) is 1.69. The lowest BCUT2D eigenvalue weighted by molar-refractivity contribution is -0.384. The van der Waals surface area contributed by atoms with Crippen molar-refractivity contribution in [3.05, 3.63) is 39.9 Å². The first kappa shape index (κ1) is 16.9. The maximum Gasteiger partial charge on any atom is 0.326 e. The monoisotopic (exact) mass is 321 g/mol. The predicted molar refractivity (Wildman–Crippen MR) is 82.0 cm³/mol. The van der Waals surface area contributed by atoms with Crippen molar-refractivity contribution in [2.24, 2.45) is 0 Å². The van der Waals surface area contributed by atoms with E-state index in [0.717, 1.165) is 13.0 Å². The van der Waals surface area contributed by atoms with E-state index in [9.17, 15) is 24.8 Å². The molecular formula is C15H19N3O5. The van der Waals surface area contributed by atoms with Crippen LogP contribution in [0.15, 0.2) is 24.3 Å². The number of rotatable bonds is 6. The summed E-state index contributed by atoms with van der Waals surface area (Å²) >= 11 is 0. The van der Waals surface area contributed by atoms with Crippen molar-refractivity contribution in [1.82, 2.24) is 10.2 Å². The van der Waals surface area contributed by atoms with Crippen molar-refractivity contribution in [1.29, 1.82) is 0 Å². The van der Waals surface area contributed by atoms with E-state index in [-0.39, 0.29) is 24.1 Å². The molecule has 0 spiro atoms. The largest absolute Gasteiger partial charge is 0.480 e. The number of hydrogen-bond donors (Lipinski definition) is 2. The zero-order chi connectivity index (χ0) is 17.0. The second kappa shape index (κ2) is 7.19. The average Bonchev–Trinajstić information content (AvgIpc) is 3.05. The highest BCUT2D eigenvalue weighted by molar-refractivity contribution is 5.87. The van der Waals surface area contributed by atoms with E-state index in [0.29, 0.717) is 12.0 Å². The number of nitro groups is 1. The summed E-state index contributed by atoms with van der Waals surface area (Å²) in [5.74, 6) is -1.34. The molecule has 1 amide bonds. The van der Waals surface area contributed by atoms with Crippen LogP contribution in [0.5, 0.6) is 0 Å². The maximum absolute atomic E-state index is 12.3. The number of carbonyl (C=O) groups excluding carboxylic acids is 1. The standard InChI is InChI=1S/C15H19N3O5/c1-17(14(19)12-3-2-8-16-12)13(15(20)21)9-10-4-6-11(7-5-10)18(22)23/h4-7,12-13,16H,2-3,8-9H2,1H3,(H,20,21)/t12-,13-/m0/s1. The third-order valence-corrected chi connectivity index (χ3v) is 4.03. The van der Waals surface area contributed by atoms with E-state index < -0.39 is 16.9 Å². The lowest BCUT2D eigenvalue weighted by Gasteiger charge is -2.27. The molecule has 0 radical (unpaired) electrons. The van der Waals surface area contributed by atoms with Crippen LogP contribution in [0.3, 0.4) is 0 Å². The Morgan fingerprint density at radius 2 is 2.09 bits per heavy atom. The van der Waals surface area contributed by atoms with Crippen molar-refractivity contribution in [2.45, 2.75) is 31.3 Å². The summed E-state index contributed by atoms with van der Waals surface area (Å²) in [5.41, 5.74) is 0.572. The Morgan fingerprint density at radius 1 is 1.43 bits per heavy atom. The average molecular weight is 321 g/mol. The second-order valence-electron chi connectivity index (χ2n) is 5.58. The third-order valence-electron chi connectivity index (χ3n) is 4.03. The SMILES string of the molecule is CN(C(=O)[C@@H]1CCCN1)[C@@H](Cc1ccc([N+](=O)[O-])cc1)C(=O)O. The highest BCUT2D eigenvalue weighted by Crippen LogP contribution is 2.16. The van der Waals surface area contributed by atoms with Gasteiger partial charge in [-0.15, -0.1) is 0 Å². The van der Waals surface area contributed by atoms with Gasteiger partial charge in [-0.25, -0.2) is 4.79 Å². The van der Waals surface area contributed by atoms with E-state index in [2.05, 4.69) is 5.32 Å². The van der Waals surface area contributed by atoms with Crippen molar-refractivity contribution >= 4 is 17.6 Å². The summed E-state index contributed by atoms with van der Waals surface area (Å²) < 4.78 is 0. The first-order chi connectivity index (χ1) is 10.9. The van der Waals surface area contributed by atoms with Gasteiger partial charge in [0.05, 0.1) is 11.0 Å². The molecular weight excluding hydrogens is 302 g/mol. The molecule has 0 unspecified atom stereocenters. The van der Waals surface area contributed by atoms with Gasteiger partial charge in [0.2, 0.25) is 5.91 Å². The van der Waals surface area contributed by atoms with Crippen LogP contribution in [0.4, 0.5) is 5.69 Å². The molecule has 0 aliphatic carbocycles. The Kier molecular flexibility index (Phi) is 5.28. The fourth-order valence-electron chi connectivity index (χ4n) is 2.66. The number of hydrogen-bond acceptors (Lipinski definition) is 5. The molecule has 124 valence electrons. The lowest BCUT2D eigenvalue weighted by atomic mass is 10.0. The molecule has 1 saturated heterocycles. The minimum atomic E-state index is -1.10. The van der Waals surface area contributed by atoms with Gasteiger partial charge in [0.1, 0.15) is 6.04 Å². The number of nitro benzene ring substituents is 1. The first-order valence-corrected chi connectivity index (χ1v) is 7.36. The van der Waals surface area contributed by atoms with E-state index >= 15 is 0 Å². The van der Waals surface area contributed by atoms with Gasteiger partial charge in [-0.1, -0.05) is 12.1 Å². The number of carboxylic acids is 1. The molecule has 0 saturated carbocycles. The molecule has 1 aliphatic heterocycles. The summed E-state index contributed by atoms with van der Waals surface area (Å²) in [4.78, 5) is 35.2. The molecule has 1 aliphatic rings. The molecule has 0 bridgehead atoms.